The molecule has 1 aromatic heterocycles. The van der Waals surface area contributed by atoms with E-state index in [1.165, 1.54) is 12.0 Å². The van der Waals surface area contributed by atoms with Gasteiger partial charge in [-0.05, 0) is 0 Å². The van der Waals surface area contributed by atoms with Crippen LogP contribution >= 0.6 is 0 Å². The molecule has 1 saturated heterocycles. The van der Waals surface area contributed by atoms with Crippen LogP contribution in [0.1, 0.15) is 12.0 Å². The van der Waals surface area contributed by atoms with Crippen molar-refractivity contribution in [3.8, 4) is 0 Å². The second kappa shape index (κ2) is 6.95. The van der Waals surface area contributed by atoms with E-state index in [1.807, 2.05) is 35.2 Å². The first-order valence-corrected chi connectivity index (χ1v) is 8.82. The van der Waals surface area contributed by atoms with Gasteiger partial charge in [0.15, 0.2) is 0 Å². The van der Waals surface area contributed by atoms with Crippen LogP contribution in [0.25, 0.3) is 0 Å². The first-order chi connectivity index (χ1) is 10.3. The number of rotatable bonds is 5. The summed E-state index contributed by atoms with van der Waals surface area (Å²) in [6.45, 7) is 3.09. The third-order valence-electron chi connectivity index (χ3n) is 3.73. The fourth-order valence-electron chi connectivity index (χ4n) is 2.57. The Morgan fingerprint density at radius 1 is 1.24 bits per heavy atom. The van der Waals surface area contributed by atoms with Crippen LogP contribution in [0.2, 0.25) is 4.71 Å². The molecule has 0 aliphatic carbocycles. The quantitative estimate of drug-likeness (QED) is 0.840. The molecular formula is C16H21AsN4. The number of hydrogen-bond donors (Lipinski definition) is 1. The van der Waals surface area contributed by atoms with Gasteiger partial charge in [-0.25, -0.2) is 0 Å². The number of benzene rings is 1. The van der Waals surface area contributed by atoms with E-state index in [4.69, 9.17) is 0 Å². The molecule has 4 nitrogen and oxygen atoms in total. The van der Waals surface area contributed by atoms with Gasteiger partial charge in [0.25, 0.3) is 0 Å². The Kier molecular flexibility index (Phi) is 4.76. The zero-order chi connectivity index (χ0) is 14.5. The maximum absolute atomic E-state index is 4.63. The van der Waals surface area contributed by atoms with E-state index >= 15 is 0 Å². The summed E-state index contributed by atoms with van der Waals surface area (Å²) in [7, 11) is 0. The van der Waals surface area contributed by atoms with Gasteiger partial charge in [0.1, 0.15) is 0 Å². The third kappa shape index (κ3) is 3.98. The van der Waals surface area contributed by atoms with Crippen molar-refractivity contribution in [1.29, 1.82) is 0 Å². The summed E-state index contributed by atoms with van der Waals surface area (Å²) in [5.41, 5.74) is 1.33. The van der Waals surface area contributed by atoms with E-state index in [1.54, 1.807) is 0 Å². The molecule has 110 valence electrons. The number of aromatic nitrogens is 2. The second-order valence-electron chi connectivity index (χ2n) is 5.40. The van der Waals surface area contributed by atoms with E-state index in [0.29, 0.717) is 0 Å². The Labute approximate surface area is 134 Å². The Bertz CT molecular complexity index is 575. The molecule has 1 N–H and O–H groups in total. The van der Waals surface area contributed by atoms with E-state index in [-0.39, 0.29) is 0 Å². The minimum atomic E-state index is 0.730. The van der Waals surface area contributed by atoms with E-state index in [0.717, 1.165) is 42.5 Å². The molecule has 1 fully saturated rings. The summed E-state index contributed by atoms with van der Waals surface area (Å²) in [5.74, 6) is 1.78. The van der Waals surface area contributed by atoms with Crippen molar-refractivity contribution in [1.82, 2.24) is 9.97 Å². The predicted molar refractivity (Wildman–Crippen MR) is 89.8 cm³/mol. The van der Waals surface area contributed by atoms with Crippen LogP contribution in [0.5, 0.6) is 0 Å². The van der Waals surface area contributed by atoms with Crippen LogP contribution in [0, 0.1) is 0 Å². The molecule has 5 heteroatoms. The Morgan fingerprint density at radius 3 is 2.86 bits per heavy atom. The van der Waals surface area contributed by atoms with Gasteiger partial charge in [0.05, 0.1) is 0 Å². The average Bonchev–Trinajstić information content (AvgIpc) is 2.95. The molecule has 1 aliphatic heterocycles. The second-order valence-corrected chi connectivity index (χ2v) is 7.37. The maximum atomic E-state index is 4.63. The summed E-state index contributed by atoms with van der Waals surface area (Å²) < 4.78 is 0.821. The molecule has 2 atom stereocenters. The van der Waals surface area contributed by atoms with E-state index in [9.17, 15) is 0 Å². The van der Waals surface area contributed by atoms with Crippen molar-refractivity contribution >= 4 is 28.6 Å². The Morgan fingerprint density at radius 2 is 2.10 bits per heavy atom. The van der Waals surface area contributed by atoms with E-state index in [2.05, 4.69) is 44.5 Å². The monoisotopic (exact) mass is 344 g/mol. The van der Waals surface area contributed by atoms with Crippen molar-refractivity contribution in [2.24, 2.45) is 0 Å². The van der Waals surface area contributed by atoms with Crippen LogP contribution in [0.4, 0.5) is 11.8 Å². The zero-order valence-electron chi connectivity index (χ0n) is 12.1. The van der Waals surface area contributed by atoms with Crippen molar-refractivity contribution < 1.29 is 0 Å². The molecule has 1 aliphatic rings. The van der Waals surface area contributed by atoms with Crippen molar-refractivity contribution in [3.05, 3.63) is 48.2 Å². The molecule has 0 amide bonds. The SMILES string of the molecule is [AsH2][C@@H]1CCN(c2ccnc(NCCc3ccccc3)n2)C1. The van der Waals surface area contributed by atoms with Gasteiger partial charge in [-0.2, -0.15) is 0 Å². The molecule has 1 aromatic carbocycles. The fraction of sp³-hybridized carbons (Fsp3) is 0.375. The molecule has 2 heterocycles. The van der Waals surface area contributed by atoms with E-state index < -0.39 is 0 Å². The van der Waals surface area contributed by atoms with Gasteiger partial charge < -0.3 is 0 Å². The van der Waals surface area contributed by atoms with Gasteiger partial charge in [0.2, 0.25) is 0 Å². The summed E-state index contributed by atoms with van der Waals surface area (Å²) in [4.78, 5) is 11.3. The van der Waals surface area contributed by atoms with Crippen LogP contribution in [-0.2, 0) is 6.42 Å². The van der Waals surface area contributed by atoms with Gasteiger partial charge in [-0.15, -0.1) is 0 Å². The number of anilines is 2. The standard InChI is InChI=1S/C16H21AsN4/c17-14-8-11-21(12-14)15-7-10-19-16(20-15)18-9-6-13-4-2-1-3-5-13/h1-5,7,10,14H,6,8-9,11-12,17H2,(H,18,19,20)/t14-/m1/s1. The molecular weight excluding hydrogens is 323 g/mol. The van der Waals surface area contributed by atoms with Crippen molar-refractivity contribution in [2.75, 3.05) is 29.9 Å². The van der Waals surface area contributed by atoms with Crippen LogP contribution < -0.4 is 10.2 Å². The predicted octanol–water partition coefficient (Wildman–Crippen LogP) is 1.76. The normalized spacial score (nSPS) is 18.0. The van der Waals surface area contributed by atoms with Crippen LogP contribution in [0.15, 0.2) is 42.6 Å². The minimum absolute atomic E-state index is 0.730. The molecule has 0 bridgehead atoms. The number of nitrogens with one attached hydrogen (secondary N) is 1. The molecule has 2 aromatic rings. The van der Waals surface area contributed by atoms with Crippen molar-refractivity contribution in [2.45, 2.75) is 17.5 Å². The first kappa shape index (κ1) is 14.4. The third-order valence-corrected chi connectivity index (χ3v) is 4.87. The summed E-state index contributed by atoms with van der Waals surface area (Å²) in [5, 5.41) is 3.32. The van der Waals surface area contributed by atoms with Gasteiger partial charge in [-0.1, -0.05) is 6.07 Å². The molecule has 21 heavy (non-hydrogen) atoms. The molecule has 1 unspecified atom stereocenters. The fourth-order valence-corrected chi connectivity index (χ4v) is 3.42. The number of nitrogens with zero attached hydrogens (tertiary/aromatic N) is 3. The molecule has 0 saturated carbocycles. The summed E-state index contributed by atoms with van der Waals surface area (Å²) in [6.07, 6.45) is 4.11. The zero-order valence-corrected chi connectivity index (χ0v) is 14.5. The van der Waals surface area contributed by atoms with Crippen LogP contribution in [0.3, 0.4) is 0 Å². The van der Waals surface area contributed by atoms with Gasteiger partial charge in [-0.3, -0.25) is 0 Å². The first-order valence-electron chi connectivity index (χ1n) is 7.42. The van der Waals surface area contributed by atoms with Gasteiger partial charge in [0, 0.05) is 0 Å². The number of hydrogen-bond acceptors (Lipinski definition) is 4. The molecule has 0 radical (unpaired) electrons. The van der Waals surface area contributed by atoms with Crippen LogP contribution in [-0.4, -0.2) is 46.5 Å². The van der Waals surface area contributed by atoms with Crippen molar-refractivity contribution in [3.63, 3.8) is 0 Å². The average molecular weight is 344 g/mol. The summed E-state index contributed by atoms with van der Waals surface area (Å²) in [6, 6.07) is 12.5. The Balaban J connectivity index is 1.56. The van der Waals surface area contributed by atoms with Gasteiger partial charge >= 0.3 is 128 Å². The molecule has 3 rings (SSSR count). The topological polar surface area (TPSA) is 41.1 Å². The molecule has 0 spiro atoms. The Hall–Kier alpha value is -1.54. The summed E-state index contributed by atoms with van der Waals surface area (Å²) >= 11 is 1.84.